The smallest absolute Gasteiger partial charge is 0.244 e. The van der Waals surface area contributed by atoms with Gasteiger partial charge >= 0.3 is 0 Å². The average molecular weight is 435 g/mol. The van der Waals surface area contributed by atoms with Gasteiger partial charge in [0.25, 0.3) is 0 Å². The molecule has 6 nitrogen and oxygen atoms in total. The number of hydrogen-bond donors (Lipinski definition) is 1. The number of rotatable bonds is 4. The molecule has 0 saturated heterocycles. The van der Waals surface area contributed by atoms with Crippen LogP contribution in [0.2, 0.25) is 0 Å². The van der Waals surface area contributed by atoms with Crippen molar-refractivity contribution >= 4 is 21.6 Å². The van der Waals surface area contributed by atoms with Crippen LogP contribution >= 0.6 is 0 Å². The molecular formula is C23H18FN3O3S. The first-order valence-corrected chi connectivity index (χ1v) is 11.0. The van der Waals surface area contributed by atoms with Gasteiger partial charge in [0.1, 0.15) is 11.9 Å². The summed E-state index contributed by atoms with van der Waals surface area (Å²) >= 11 is 0. The summed E-state index contributed by atoms with van der Waals surface area (Å²) in [5, 5.41) is 11.7. The van der Waals surface area contributed by atoms with Crippen molar-refractivity contribution in [2.45, 2.75) is 23.9 Å². The van der Waals surface area contributed by atoms with Gasteiger partial charge in [0.15, 0.2) is 0 Å². The molecule has 3 aromatic rings. The lowest BCUT2D eigenvalue weighted by Gasteiger charge is -2.35. The third-order valence-corrected chi connectivity index (χ3v) is 7.08. The molecule has 0 aromatic heterocycles. The average Bonchev–Trinajstić information content (AvgIpc) is 2.79. The van der Waals surface area contributed by atoms with Crippen LogP contribution in [0, 0.1) is 17.1 Å². The van der Waals surface area contributed by atoms with E-state index in [0.29, 0.717) is 11.3 Å². The topological polar surface area (TPSA) is 90.3 Å². The summed E-state index contributed by atoms with van der Waals surface area (Å²) in [6.07, 6.45) is 0.207. The van der Waals surface area contributed by atoms with E-state index in [4.69, 9.17) is 5.26 Å². The second-order valence-electron chi connectivity index (χ2n) is 7.17. The maximum atomic E-state index is 13.3. The fourth-order valence-electron chi connectivity index (χ4n) is 3.57. The lowest BCUT2D eigenvalue weighted by molar-refractivity contribution is -0.120. The van der Waals surface area contributed by atoms with Gasteiger partial charge in [-0.2, -0.15) is 9.57 Å². The Kier molecular flexibility index (Phi) is 5.55. The zero-order chi connectivity index (χ0) is 22.0. The zero-order valence-electron chi connectivity index (χ0n) is 16.3. The van der Waals surface area contributed by atoms with Crippen LogP contribution in [0.1, 0.15) is 16.7 Å². The van der Waals surface area contributed by atoms with Crippen molar-refractivity contribution < 1.29 is 17.6 Å². The van der Waals surface area contributed by atoms with E-state index in [9.17, 15) is 17.6 Å². The van der Waals surface area contributed by atoms with Gasteiger partial charge in [-0.25, -0.2) is 12.8 Å². The Hall–Kier alpha value is -3.54. The van der Waals surface area contributed by atoms with Crippen LogP contribution in [-0.4, -0.2) is 24.7 Å². The number of halogens is 1. The molecular weight excluding hydrogens is 417 g/mol. The summed E-state index contributed by atoms with van der Waals surface area (Å²) < 4.78 is 41.2. The number of carbonyl (C=O) groups excluding carboxylic acids is 1. The van der Waals surface area contributed by atoms with Crippen molar-refractivity contribution in [1.82, 2.24) is 4.31 Å². The highest BCUT2D eigenvalue weighted by molar-refractivity contribution is 7.89. The Bertz CT molecular complexity index is 1270. The summed E-state index contributed by atoms with van der Waals surface area (Å²) in [5.41, 5.74) is 2.62. The third kappa shape index (κ3) is 4.19. The second kappa shape index (κ2) is 8.30. The Labute approximate surface area is 179 Å². The molecule has 0 unspecified atom stereocenters. The van der Waals surface area contributed by atoms with Gasteiger partial charge in [0.05, 0.1) is 16.5 Å². The fourth-order valence-corrected chi connectivity index (χ4v) is 5.14. The van der Waals surface area contributed by atoms with Gasteiger partial charge in [0.2, 0.25) is 15.9 Å². The quantitative estimate of drug-likeness (QED) is 0.680. The highest BCUT2D eigenvalue weighted by atomic mass is 32.2. The van der Waals surface area contributed by atoms with Crippen LogP contribution in [0.3, 0.4) is 0 Å². The van der Waals surface area contributed by atoms with E-state index in [1.165, 1.54) is 12.1 Å². The van der Waals surface area contributed by atoms with Gasteiger partial charge in [-0.1, -0.05) is 24.3 Å². The number of amides is 1. The van der Waals surface area contributed by atoms with E-state index in [1.54, 1.807) is 24.3 Å². The molecule has 0 fully saturated rings. The Morgan fingerprint density at radius 1 is 1.00 bits per heavy atom. The number of fused-ring (bicyclic) bond motifs is 1. The number of hydrogen-bond acceptors (Lipinski definition) is 4. The van der Waals surface area contributed by atoms with Crippen LogP contribution in [0.25, 0.3) is 0 Å². The largest absolute Gasteiger partial charge is 0.325 e. The first-order valence-electron chi connectivity index (χ1n) is 9.54. The molecule has 0 aliphatic carbocycles. The predicted molar refractivity (Wildman–Crippen MR) is 113 cm³/mol. The Balaban J connectivity index is 1.69. The summed E-state index contributed by atoms with van der Waals surface area (Å²) in [5.74, 6) is -1.03. The number of nitrogens with one attached hydrogen (secondary N) is 1. The normalized spacial score (nSPS) is 16.2. The number of nitriles is 1. The molecule has 0 radical (unpaired) electrons. The van der Waals surface area contributed by atoms with Crippen molar-refractivity contribution in [2.75, 3.05) is 5.32 Å². The molecule has 1 aliphatic rings. The van der Waals surface area contributed by atoms with E-state index in [-0.39, 0.29) is 17.9 Å². The molecule has 31 heavy (non-hydrogen) atoms. The van der Waals surface area contributed by atoms with Crippen molar-refractivity contribution in [3.05, 3.63) is 95.3 Å². The van der Waals surface area contributed by atoms with Gasteiger partial charge in [-0.15, -0.1) is 0 Å². The van der Waals surface area contributed by atoms with E-state index < -0.39 is 27.8 Å². The molecule has 3 aromatic carbocycles. The SMILES string of the molecule is N#Cc1ccc(NC(=O)[C@H]2Cc3ccccc3CN2S(=O)(=O)c2ccc(F)cc2)cc1. The Morgan fingerprint density at radius 3 is 2.29 bits per heavy atom. The number of nitrogens with zero attached hydrogens (tertiary/aromatic N) is 2. The Morgan fingerprint density at radius 2 is 1.65 bits per heavy atom. The lowest BCUT2D eigenvalue weighted by Crippen LogP contribution is -2.50. The van der Waals surface area contributed by atoms with Crippen molar-refractivity contribution in [3.8, 4) is 6.07 Å². The van der Waals surface area contributed by atoms with Gasteiger partial charge in [0, 0.05) is 12.2 Å². The van der Waals surface area contributed by atoms with Crippen LogP contribution in [0.15, 0.2) is 77.7 Å². The summed E-state index contributed by atoms with van der Waals surface area (Å²) in [6, 6.07) is 19.3. The highest BCUT2D eigenvalue weighted by Crippen LogP contribution is 2.30. The number of sulfonamides is 1. The monoisotopic (exact) mass is 435 g/mol. The third-order valence-electron chi connectivity index (χ3n) is 5.21. The standard InChI is InChI=1S/C23H18FN3O3S/c24-19-7-11-21(12-8-19)31(29,30)27-15-18-4-2-1-3-17(18)13-22(27)23(28)26-20-9-5-16(14-25)6-10-20/h1-12,22H,13,15H2,(H,26,28)/t22-/m1/s1. The predicted octanol–water partition coefficient (Wildman–Crippen LogP) is 3.45. The molecule has 1 atom stereocenters. The molecule has 1 N–H and O–H groups in total. The zero-order valence-corrected chi connectivity index (χ0v) is 17.1. The van der Waals surface area contributed by atoms with Crippen LogP contribution in [0.5, 0.6) is 0 Å². The van der Waals surface area contributed by atoms with Crippen LogP contribution < -0.4 is 5.32 Å². The number of anilines is 1. The van der Waals surface area contributed by atoms with Gasteiger partial charge in [-0.3, -0.25) is 4.79 Å². The van der Waals surface area contributed by atoms with Crippen molar-refractivity contribution in [3.63, 3.8) is 0 Å². The summed E-state index contributed by atoms with van der Waals surface area (Å²) in [4.78, 5) is 13.1. The molecule has 0 bridgehead atoms. The molecule has 156 valence electrons. The van der Waals surface area contributed by atoms with Crippen molar-refractivity contribution in [1.29, 1.82) is 5.26 Å². The second-order valence-corrected chi connectivity index (χ2v) is 9.06. The van der Waals surface area contributed by atoms with Gasteiger partial charge in [-0.05, 0) is 66.1 Å². The minimum absolute atomic E-state index is 0.0291. The summed E-state index contributed by atoms with van der Waals surface area (Å²) in [7, 11) is -4.06. The fraction of sp³-hybridized carbons (Fsp3) is 0.130. The maximum absolute atomic E-state index is 13.3. The summed E-state index contributed by atoms with van der Waals surface area (Å²) in [6.45, 7) is 0.0291. The van der Waals surface area contributed by atoms with E-state index in [1.807, 2.05) is 30.3 Å². The molecule has 0 spiro atoms. The van der Waals surface area contributed by atoms with E-state index in [2.05, 4.69) is 5.32 Å². The number of carbonyl (C=O) groups is 1. The molecule has 8 heteroatoms. The van der Waals surface area contributed by atoms with Crippen LogP contribution in [0.4, 0.5) is 10.1 Å². The minimum Gasteiger partial charge on any atom is -0.325 e. The highest BCUT2D eigenvalue weighted by Gasteiger charge is 2.39. The van der Waals surface area contributed by atoms with E-state index in [0.717, 1.165) is 27.6 Å². The van der Waals surface area contributed by atoms with E-state index >= 15 is 0 Å². The maximum Gasteiger partial charge on any atom is 0.244 e. The molecule has 0 saturated carbocycles. The van der Waals surface area contributed by atoms with Gasteiger partial charge < -0.3 is 5.32 Å². The first kappa shape index (κ1) is 20.7. The minimum atomic E-state index is -4.06. The molecule has 4 rings (SSSR count). The molecule has 1 amide bonds. The number of benzene rings is 3. The lowest BCUT2D eigenvalue weighted by atomic mass is 9.95. The van der Waals surface area contributed by atoms with Crippen molar-refractivity contribution in [2.24, 2.45) is 0 Å². The molecule has 1 aliphatic heterocycles. The first-order chi connectivity index (χ1) is 14.9. The van der Waals surface area contributed by atoms with Crippen LogP contribution in [-0.2, 0) is 27.8 Å². The molecule has 1 heterocycles.